The molecule has 0 saturated heterocycles. The van der Waals surface area contributed by atoms with Crippen LogP contribution < -0.4 is 0 Å². The molecule has 4 N–H and O–H groups in total. The van der Waals surface area contributed by atoms with E-state index in [9.17, 15) is 0 Å². The first kappa shape index (κ1) is 9.84. The molecular formula is C6H14O4. The quantitative estimate of drug-likeness (QED) is 0.383. The molecule has 0 saturated carbocycles. The molecule has 4 nitrogen and oxygen atoms in total. The van der Waals surface area contributed by atoms with E-state index < -0.39 is 18.8 Å². The van der Waals surface area contributed by atoms with Gasteiger partial charge in [0.15, 0.2) is 0 Å². The second-order valence-corrected chi connectivity index (χ2v) is 2.18. The third-order valence-electron chi connectivity index (χ3n) is 1.29. The molecule has 2 atom stereocenters. The lowest BCUT2D eigenvalue weighted by molar-refractivity contribution is -0.0199. The number of hydrogen-bond acceptors (Lipinski definition) is 4. The Morgan fingerprint density at radius 3 is 2.00 bits per heavy atom. The van der Waals surface area contributed by atoms with Crippen LogP contribution in [0.4, 0.5) is 0 Å². The Hall–Kier alpha value is -0.160. The van der Waals surface area contributed by atoms with Crippen LogP contribution in [-0.4, -0.2) is 45.8 Å². The number of hydrogen-bond donors (Lipinski definition) is 4. The van der Waals surface area contributed by atoms with Gasteiger partial charge in [0.2, 0.25) is 0 Å². The summed E-state index contributed by atoms with van der Waals surface area (Å²) in [5.41, 5.74) is 0. The van der Waals surface area contributed by atoms with Gasteiger partial charge in [-0.2, -0.15) is 0 Å². The Morgan fingerprint density at radius 2 is 1.60 bits per heavy atom. The van der Waals surface area contributed by atoms with E-state index in [1.54, 1.807) is 0 Å². The average Bonchev–Trinajstić information content (AvgIpc) is 1.98. The Bertz CT molecular complexity index is 76.1. The lowest BCUT2D eigenvalue weighted by Gasteiger charge is -2.13. The SMILES string of the molecule is OCCC[C@H](O)C(O)CO. The second-order valence-electron chi connectivity index (χ2n) is 2.18. The van der Waals surface area contributed by atoms with Gasteiger partial charge in [-0.15, -0.1) is 0 Å². The zero-order valence-corrected chi connectivity index (χ0v) is 5.77. The maximum Gasteiger partial charge on any atom is 0.103 e. The van der Waals surface area contributed by atoms with Crippen LogP contribution in [0.3, 0.4) is 0 Å². The van der Waals surface area contributed by atoms with Crippen LogP contribution in [0, 0.1) is 0 Å². The highest BCUT2D eigenvalue weighted by Crippen LogP contribution is 2.00. The van der Waals surface area contributed by atoms with Gasteiger partial charge < -0.3 is 20.4 Å². The van der Waals surface area contributed by atoms with Crippen molar-refractivity contribution in [3.05, 3.63) is 0 Å². The average molecular weight is 150 g/mol. The third-order valence-corrected chi connectivity index (χ3v) is 1.29. The predicted octanol–water partition coefficient (Wildman–Crippen LogP) is -1.53. The van der Waals surface area contributed by atoms with Gasteiger partial charge in [-0.25, -0.2) is 0 Å². The van der Waals surface area contributed by atoms with Crippen LogP contribution in [0.5, 0.6) is 0 Å². The van der Waals surface area contributed by atoms with E-state index in [1.165, 1.54) is 0 Å². The Kier molecular flexibility index (Phi) is 5.52. The molecule has 0 radical (unpaired) electrons. The van der Waals surface area contributed by atoms with Gasteiger partial charge in [0.05, 0.1) is 12.7 Å². The van der Waals surface area contributed by atoms with Crippen LogP contribution in [0.25, 0.3) is 0 Å². The minimum absolute atomic E-state index is 0.00475. The fourth-order valence-electron chi connectivity index (χ4n) is 0.614. The van der Waals surface area contributed by atoms with Crippen molar-refractivity contribution in [2.75, 3.05) is 13.2 Å². The zero-order valence-electron chi connectivity index (χ0n) is 5.77. The normalized spacial score (nSPS) is 16.8. The minimum Gasteiger partial charge on any atom is -0.396 e. The summed E-state index contributed by atoms with van der Waals surface area (Å²) in [4.78, 5) is 0. The lowest BCUT2D eigenvalue weighted by atomic mass is 10.1. The van der Waals surface area contributed by atoms with Gasteiger partial charge in [-0.3, -0.25) is 0 Å². The summed E-state index contributed by atoms with van der Waals surface area (Å²) in [6, 6.07) is 0. The van der Waals surface area contributed by atoms with Crippen LogP contribution in [0.15, 0.2) is 0 Å². The van der Waals surface area contributed by atoms with Crippen LogP contribution in [0.1, 0.15) is 12.8 Å². The van der Waals surface area contributed by atoms with E-state index in [1.807, 2.05) is 0 Å². The van der Waals surface area contributed by atoms with Crippen molar-refractivity contribution in [3.63, 3.8) is 0 Å². The van der Waals surface area contributed by atoms with Gasteiger partial charge >= 0.3 is 0 Å². The molecule has 0 aliphatic heterocycles. The summed E-state index contributed by atoms with van der Waals surface area (Å²) in [6.07, 6.45) is -1.24. The highest BCUT2D eigenvalue weighted by atomic mass is 16.4. The summed E-state index contributed by atoms with van der Waals surface area (Å²) < 4.78 is 0. The molecule has 0 aromatic heterocycles. The summed E-state index contributed by atoms with van der Waals surface area (Å²) in [7, 11) is 0. The van der Waals surface area contributed by atoms with Crippen molar-refractivity contribution in [3.8, 4) is 0 Å². The fraction of sp³-hybridized carbons (Fsp3) is 1.00. The molecule has 0 spiro atoms. The highest BCUT2D eigenvalue weighted by Gasteiger charge is 2.13. The lowest BCUT2D eigenvalue weighted by Crippen LogP contribution is -2.29. The van der Waals surface area contributed by atoms with E-state index in [0.717, 1.165) is 0 Å². The van der Waals surface area contributed by atoms with Gasteiger partial charge in [0.1, 0.15) is 6.10 Å². The van der Waals surface area contributed by atoms with Gasteiger partial charge in [0.25, 0.3) is 0 Å². The molecule has 0 amide bonds. The number of aliphatic hydroxyl groups is 4. The molecule has 10 heavy (non-hydrogen) atoms. The smallest absolute Gasteiger partial charge is 0.103 e. The fourth-order valence-corrected chi connectivity index (χ4v) is 0.614. The first-order chi connectivity index (χ1) is 4.72. The molecule has 1 unspecified atom stereocenters. The van der Waals surface area contributed by atoms with Crippen molar-refractivity contribution in [2.45, 2.75) is 25.0 Å². The standard InChI is InChI=1S/C6H14O4/c7-3-1-2-5(9)6(10)4-8/h5-10H,1-4H2/t5-,6?/m0/s1. The maximum atomic E-state index is 8.93. The zero-order chi connectivity index (χ0) is 7.98. The molecule has 0 aromatic carbocycles. The number of rotatable bonds is 5. The second kappa shape index (κ2) is 5.61. The van der Waals surface area contributed by atoms with Crippen molar-refractivity contribution in [1.29, 1.82) is 0 Å². The van der Waals surface area contributed by atoms with E-state index in [2.05, 4.69) is 0 Å². The largest absolute Gasteiger partial charge is 0.396 e. The molecule has 0 aliphatic rings. The highest BCUT2D eigenvalue weighted by molar-refractivity contribution is 4.64. The van der Waals surface area contributed by atoms with Crippen LogP contribution in [0.2, 0.25) is 0 Å². The first-order valence-electron chi connectivity index (χ1n) is 3.30. The summed E-state index contributed by atoms with van der Waals surface area (Å²) in [6.45, 7) is -0.443. The maximum absolute atomic E-state index is 8.93. The molecule has 0 fully saturated rings. The molecule has 0 heterocycles. The van der Waals surface area contributed by atoms with Gasteiger partial charge in [-0.05, 0) is 12.8 Å². The monoisotopic (exact) mass is 150 g/mol. The van der Waals surface area contributed by atoms with Crippen molar-refractivity contribution >= 4 is 0 Å². The molecular weight excluding hydrogens is 136 g/mol. The molecule has 0 aliphatic carbocycles. The van der Waals surface area contributed by atoms with Crippen molar-refractivity contribution in [2.24, 2.45) is 0 Å². The van der Waals surface area contributed by atoms with Crippen LogP contribution >= 0.6 is 0 Å². The third kappa shape index (κ3) is 3.79. The summed E-state index contributed by atoms with van der Waals surface area (Å²) >= 11 is 0. The van der Waals surface area contributed by atoms with Gasteiger partial charge in [-0.1, -0.05) is 0 Å². The van der Waals surface area contributed by atoms with E-state index >= 15 is 0 Å². The Morgan fingerprint density at radius 1 is 1.00 bits per heavy atom. The van der Waals surface area contributed by atoms with Crippen molar-refractivity contribution in [1.82, 2.24) is 0 Å². The summed E-state index contributed by atoms with van der Waals surface area (Å²) in [5.74, 6) is 0. The Labute approximate surface area is 59.7 Å². The topological polar surface area (TPSA) is 80.9 Å². The first-order valence-corrected chi connectivity index (χ1v) is 3.30. The molecule has 0 bridgehead atoms. The molecule has 4 heteroatoms. The van der Waals surface area contributed by atoms with E-state index in [4.69, 9.17) is 20.4 Å². The van der Waals surface area contributed by atoms with Gasteiger partial charge in [0, 0.05) is 6.61 Å². The summed E-state index contributed by atoms with van der Waals surface area (Å²) in [5, 5.41) is 34.3. The predicted molar refractivity (Wildman–Crippen MR) is 35.4 cm³/mol. The van der Waals surface area contributed by atoms with Crippen molar-refractivity contribution < 1.29 is 20.4 Å². The number of aliphatic hydroxyl groups excluding tert-OH is 4. The van der Waals surface area contributed by atoms with E-state index in [-0.39, 0.29) is 6.61 Å². The Balaban J connectivity index is 3.31. The van der Waals surface area contributed by atoms with Crippen LogP contribution in [-0.2, 0) is 0 Å². The minimum atomic E-state index is -1.08. The van der Waals surface area contributed by atoms with E-state index in [0.29, 0.717) is 12.8 Å². The molecule has 0 aromatic rings. The molecule has 62 valence electrons. The molecule has 0 rings (SSSR count).